The Morgan fingerprint density at radius 3 is 2.16 bits per heavy atom. The zero-order chi connectivity index (χ0) is 14.8. The Morgan fingerprint density at radius 1 is 1.21 bits per heavy atom. The van der Waals surface area contributed by atoms with Gasteiger partial charge in [-0.1, -0.05) is 20.8 Å². The van der Waals surface area contributed by atoms with Gasteiger partial charge in [0.25, 0.3) is 9.04 Å². The third-order valence-corrected chi connectivity index (χ3v) is 3.46. The van der Waals surface area contributed by atoms with Gasteiger partial charge < -0.3 is 9.16 Å². The fraction of sp³-hybridized carbons (Fsp3) is 0.533. The maximum atomic E-state index is 11.3. The minimum atomic E-state index is -0.964. The van der Waals surface area contributed by atoms with Crippen molar-refractivity contribution in [2.75, 3.05) is 7.11 Å². The van der Waals surface area contributed by atoms with E-state index in [1.807, 2.05) is 26.1 Å². The van der Waals surface area contributed by atoms with Crippen LogP contribution in [0.4, 0.5) is 0 Å². The predicted molar refractivity (Wildman–Crippen MR) is 79.9 cm³/mol. The fourth-order valence-corrected chi connectivity index (χ4v) is 2.94. The van der Waals surface area contributed by atoms with Gasteiger partial charge in [0.2, 0.25) is 0 Å². The van der Waals surface area contributed by atoms with E-state index in [0.717, 1.165) is 17.4 Å². The number of aryl methyl sites for hydroxylation is 1. The Morgan fingerprint density at radius 2 is 1.79 bits per heavy atom. The molecule has 0 saturated carbocycles. The Bertz CT molecular complexity index is 473. The van der Waals surface area contributed by atoms with Gasteiger partial charge in [-0.25, -0.2) is 0 Å². The minimum Gasteiger partial charge on any atom is -0.540 e. The van der Waals surface area contributed by atoms with Crippen LogP contribution in [0.15, 0.2) is 6.07 Å². The van der Waals surface area contributed by atoms with Crippen LogP contribution in [0.3, 0.4) is 0 Å². The molecule has 1 rings (SSSR count). The highest BCUT2D eigenvalue weighted by Gasteiger charge is 2.27. The van der Waals surface area contributed by atoms with E-state index in [4.69, 9.17) is 9.16 Å². The van der Waals surface area contributed by atoms with E-state index in [2.05, 4.69) is 20.8 Å². The summed E-state index contributed by atoms with van der Waals surface area (Å²) in [4.78, 5) is 11.3. The number of benzene rings is 1. The first-order valence-electron chi connectivity index (χ1n) is 6.37. The average Bonchev–Trinajstić information content (AvgIpc) is 2.27. The topological polar surface area (TPSA) is 35.5 Å². The van der Waals surface area contributed by atoms with Crippen molar-refractivity contribution < 1.29 is 14.0 Å². The fourth-order valence-electron chi connectivity index (χ4n) is 2.32. The molecule has 3 nitrogen and oxygen atoms in total. The van der Waals surface area contributed by atoms with Crippen LogP contribution in [0.1, 0.15) is 42.3 Å². The first kappa shape index (κ1) is 15.8. The van der Waals surface area contributed by atoms with Crippen LogP contribution < -0.4 is 9.16 Å². The minimum absolute atomic E-state index is 0.0661. The Labute approximate surface area is 117 Å². The molecule has 0 aliphatic rings. The maximum Gasteiger partial charge on any atom is 0.274 e. The van der Waals surface area contributed by atoms with Crippen molar-refractivity contribution in [2.45, 2.75) is 46.2 Å². The summed E-state index contributed by atoms with van der Waals surface area (Å²) < 4.78 is 11.5. The van der Waals surface area contributed by atoms with Gasteiger partial charge in [-0.2, -0.15) is 0 Å². The van der Waals surface area contributed by atoms with Gasteiger partial charge in [0.1, 0.15) is 0 Å². The molecule has 0 heterocycles. The molecule has 0 amide bonds. The van der Waals surface area contributed by atoms with Crippen molar-refractivity contribution in [1.82, 2.24) is 0 Å². The molecule has 105 valence electrons. The van der Waals surface area contributed by atoms with Crippen molar-refractivity contribution in [3.05, 3.63) is 22.8 Å². The van der Waals surface area contributed by atoms with Gasteiger partial charge in [-0.05, 0) is 37.1 Å². The number of aldehydes is 1. The molecule has 0 unspecified atom stereocenters. The third kappa shape index (κ3) is 3.38. The summed E-state index contributed by atoms with van der Waals surface area (Å²) in [5, 5.41) is 0. The zero-order valence-electron chi connectivity index (χ0n) is 12.9. The van der Waals surface area contributed by atoms with Gasteiger partial charge in [-0.15, -0.1) is 0 Å². The summed E-state index contributed by atoms with van der Waals surface area (Å²) >= 11 is 0. The van der Waals surface area contributed by atoms with E-state index < -0.39 is 9.04 Å². The van der Waals surface area contributed by atoms with E-state index >= 15 is 0 Å². The number of carbonyl (C=O) groups is 1. The Hall–Kier alpha value is -1.29. The highest BCUT2D eigenvalue weighted by Crippen LogP contribution is 2.42. The smallest absolute Gasteiger partial charge is 0.274 e. The standard InChI is InChI=1S/C15H23O3Si/c1-10-8-11(9-16)13(18-19(6)7)14(17-5)12(10)15(2,3)4/h8-9H,1-7H3. The van der Waals surface area contributed by atoms with Crippen LogP contribution in [0, 0.1) is 6.92 Å². The molecule has 0 spiro atoms. The van der Waals surface area contributed by atoms with Crippen LogP contribution in [0.25, 0.3) is 0 Å². The normalized spacial score (nSPS) is 11.6. The lowest BCUT2D eigenvalue weighted by molar-refractivity contribution is 0.112. The van der Waals surface area contributed by atoms with Gasteiger partial charge >= 0.3 is 0 Å². The monoisotopic (exact) mass is 279 g/mol. The summed E-state index contributed by atoms with van der Waals surface area (Å²) in [6.07, 6.45) is 0.835. The van der Waals surface area contributed by atoms with E-state index in [9.17, 15) is 4.79 Å². The number of carbonyl (C=O) groups excluding carboxylic acids is 1. The first-order chi connectivity index (χ1) is 8.72. The third-order valence-electron chi connectivity index (χ3n) is 2.85. The molecule has 0 atom stereocenters. The molecule has 0 aliphatic heterocycles. The Balaban J connectivity index is 3.63. The molecular formula is C15H23O3Si. The second-order valence-electron chi connectivity index (χ2n) is 5.90. The van der Waals surface area contributed by atoms with Crippen molar-refractivity contribution >= 4 is 15.3 Å². The van der Waals surface area contributed by atoms with Crippen molar-refractivity contribution in [1.29, 1.82) is 0 Å². The molecule has 0 bridgehead atoms. The quantitative estimate of drug-likeness (QED) is 0.622. The van der Waals surface area contributed by atoms with Gasteiger partial charge in [-0.3, -0.25) is 4.79 Å². The maximum absolute atomic E-state index is 11.3. The lowest BCUT2D eigenvalue weighted by Gasteiger charge is -2.27. The molecule has 0 saturated heterocycles. The second kappa shape index (κ2) is 5.78. The molecule has 0 N–H and O–H groups in total. The molecule has 1 aromatic carbocycles. The van der Waals surface area contributed by atoms with Crippen molar-refractivity contribution in [3.63, 3.8) is 0 Å². The van der Waals surface area contributed by atoms with Crippen LogP contribution in [0.5, 0.6) is 11.5 Å². The summed E-state index contributed by atoms with van der Waals surface area (Å²) in [5.41, 5.74) is 2.65. The number of hydrogen-bond donors (Lipinski definition) is 0. The van der Waals surface area contributed by atoms with Gasteiger partial charge in [0.05, 0.1) is 12.7 Å². The molecule has 1 radical (unpaired) electrons. The number of rotatable bonds is 4. The van der Waals surface area contributed by atoms with E-state index in [1.54, 1.807) is 7.11 Å². The summed E-state index contributed by atoms with van der Waals surface area (Å²) in [6.45, 7) is 12.5. The van der Waals surface area contributed by atoms with Crippen LogP contribution in [-0.4, -0.2) is 22.4 Å². The van der Waals surface area contributed by atoms with Crippen LogP contribution in [-0.2, 0) is 5.41 Å². The molecule has 1 aromatic rings. The lowest BCUT2D eigenvalue weighted by atomic mass is 9.82. The molecule has 0 fully saturated rings. The molecule has 4 heteroatoms. The van der Waals surface area contributed by atoms with E-state index in [-0.39, 0.29) is 5.41 Å². The lowest BCUT2D eigenvalue weighted by Crippen LogP contribution is -2.19. The van der Waals surface area contributed by atoms with Crippen LogP contribution in [0.2, 0.25) is 13.1 Å². The number of hydrogen-bond acceptors (Lipinski definition) is 3. The molecular weight excluding hydrogens is 256 g/mol. The number of methoxy groups -OCH3 is 1. The molecule has 0 aromatic heterocycles. The first-order valence-corrected chi connectivity index (χ1v) is 8.78. The van der Waals surface area contributed by atoms with Crippen molar-refractivity contribution in [3.8, 4) is 11.5 Å². The highest BCUT2D eigenvalue weighted by atomic mass is 28.3. The van der Waals surface area contributed by atoms with Crippen molar-refractivity contribution in [2.24, 2.45) is 0 Å². The number of ether oxygens (including phenoxy) is 1. The molecule has 0 aliphatic carbocycles. The predicted octanol–water partition coefficient (Wildman–Crippen LogP) is 3.74. The summed E-state index contributed by atoms with van der Waals surface area (Å²) in [5.74, 6) is 1.28. The zero-order valence-corrected chi connectivity index (χ0v) is 13.9. The largest absolute Gasteiger partial charge is 0.540 e. The van der Waals surface area contributed by atoms with E-state index in [0.29, 0.717) is 17.1 Å². The second-order valence-corrected chi connectivity index (χ2v) is 7.92. The van der Waals surface area contributed by atoms with E-state index in [1.165, 1.54) is 0 Å². The highest BCUT2D eigenvalue weighted by molar-refractivity contribution is 6.49. The average molecular weight is 279 g/mol. The Kier molecular flexibility index (Phi) is 4.79. The molecule has 19 heavy (non-hydrogen) atoms. The summed E-state index contributed by atoms with van der Waals surface area (Å²) in [7, 11) is 0.664. The van der Waals surface area contributed by atoms with Gasteiger partial charge in [0, 0.05) is 5.56 Å². The van der Waals surface area contributed by atoms with Gasteiger partial charge in [0.15, 0.2) is 17.8 Å². The summed E-state index contributed by atoms with van der Waals surface area (Å²) in [6, 6.07) is 1.89. The SMILES string of the molecule is COc1c(O[Si](C)C)c(C=O)cc(C)c1C(C)(C)C. The van der Waals surface area contributed by atoms with Crippen LogP contribution >= 0.6 is 0 Å².